The maximum atomic E-state index is 11.6. The van der Waals surface area contributed by atoms with E-state index >= 15 is 0 Å². The van der Waals surface area contributed by atoms with Crippen LogP contribution in [0.15, 0.2) is 24.3 Å². The van der Waals surface area contributed by atoms with Crippen LogP contribution in [0.1, 0.15) is 39.2 Å². The van der Waals surface area contributed by atoms with Gasteiger partial charge < -0.3 is 14.8 Å². The van der Waals surface area contributed by atoms with Crippen molar-refractivity contribution in [1.82, 2.24) is 10.6 Å². The average Bonchev–Trinajstić information content (AvgIpc) is 2.49. The molecule has 0 aliphatic carbocycles. The molecule has 0 radical (unpaired) electrons. The van der Waals surface area contributed by atoms with Crippen LogP contribution in [0.2, 0.25) is 0 Å². The number of benzene rings is 1. The first kappa shape index (κ1) is 20.5. The van der Waals surface area contributed by atoms with Crippen LogP contribution in [-0.4, -0.2) is 36.7 Å². The summed E-state index contributed by atoms with van der Waals surface area (Å²) in [5, 5.41) is 4.66. The summed E-state index contributed by atoms with van der Waals surface area (Å²) in [5.41, 5.74) is 0.684. The van der Waals surface area contributed by atoms with Crippen LogP contribution < -0.4 is 15.4 Å². The highest BCUT2D eigenvalue weighted by atomic mass is 16.5. The summed E-state index contributed by atoms with van der Waals surface area (Å²) in [6, 6.07) is 6.98. The largest absolute Gasteiger partial charge is 0.494 e. The molecule has 0 aliphatic heterocycles. The van der Waals surface area contributed by atoms with E-state index in [9.17, 15) is 14.4 Å². The lowest BCUT2D eigenvalue weighted by atomic mass is 10.1. The summed E-state index contributed by atoms with van der Waals surface area (Å²) >= 11 is 0. The van der Waals surface area contributed by atoms with Gasteiger partial charge in [0, 0.05) is 12.0 Å². The van der Waals surface area contributed by atoms with E-state index in [-0.39, 0.29) is 6.42 Å². The Morgan fingerprint density at radius 1 is 1.08 bits per heavy atom. The van der Waals surface area contributed by atoms with Gasteiger partial charge in [0.1, 0.15) is 5.75 Å². The SMILES string of the molecule is Cc1ccc(OCCCC(=O)OCC(=O)NC(=O)NC(C)(C)C)cc1. The van der Waals surface area contributed by atoms with Crippen molar-refractivity contribution in [3.63, 3.8) is 0 Å². The van der Waals surface area contributed by atoms with Crippen LogP contribution in [0, 0.1) is 6.92 Å². The number of hydrogen-bond acceptors (Lipinski definition) is 5. The maximum Gasteiger partial charge on any atom is 0.321 e. The minimum atomic E-state index is -0.675. The van der Waals surface area contributed by atoms with Gasteiger partial charge in [-0.2, -0.15) is 0 Å². The molecule has 1 rings (SSSR count). The molecule has 0 atom stereocenters. The van der Waals surface area contributed by atoms with E-state index in [0.29, 0.717) is 13.0 Å². The van der Waals surface area contributed by atoms with Crippen LogP contribution in [0.25, 0.3) is 0 Å². The van der Waals surface area contributed by atoms with E-state index in [1.165, 1.54) is 0 Å². The van der Waals surface area contributed by atoms with Crippen LogP contribution in [0.3, 0.4) is 0 Å². The fraction of sp³-hybridized carbons (Fsp3) is 0.500. The number of imide groups is 1. The molecule has 2 N–H and O–H groups in total. The minimum Gasteiger partial charge on any atom is -0.494 e. The van der Waals surface area contributed by atoms with Crippen molar-refractivity contribution in [2.75, 3.05) is 13.2 Å². The Bertz CT molecular complexity index is 590. The highest BCUT2D eigenvalue weighted by molar-refractivity contribution is 5.95. The summed E-state index contributed by atoms with van der Waals surface area (Å²) in [6.45, 7) is 7.23. The zero-order chi connectivity index (χ0) is 18.9. The van der Waals surface area contributed by atoms with Crippen molar-refractivity contribution in [1.29, 1.82) is 0 Å². The highest BCUT2D eigenvalue weighted by Crippen LogP contribution is 2.11. The molecule has 0 bridgehead atoms. The first-order chi connectivity index (χ1) is 11.7. The van der Waals surface area contributed by atoms with Gasteiger partial charge in [0.15, 0.2) is 6.61 Å². The van der Waals surface area contributed by atoms with Crippen LogP contribution in [-0.2, 0) is 14.3 Å². The van der Waals surface area contributed by atoms with Gasteiger partial charge in [-0.3, -0.25) is 14.9 Å². The van der Waals surface area contributed by atoms with Crippen LogP contribution in [0.5, 0.6) is 5.75 Å². The Balaban J connectivity index is 2.14. The third-order valence-electron chi connectivity index (χ3n) is 2.92. The molecular weight excluding hydrogens is 324 g/mol. The third kappa shape index (κ3) is 10.0. The number of aryl methyl sites for hydroxylation is 1. The molecule has 0 heterocycles. The van der Waals surface area contributed by atoms with Gasteiger partial charge in [-0.1, -0.05) is 17.7 Å². The first-order valence-electron chi connectivity index (χ1n) is 8.13. The van der Waals surface area contributed by atoms with Gasteiger partial charge in [0.2, 0.25) is 0 Å². The second-order valence-corrected chi connectivity index (χ2v) is 6.68. The summed E-state index contributed by atoms with van der Waals surface area (Å²) in [4.78, 5) is 34.6. The number of esters is 1. The molecule has 0 spiro atoms. The van der Waals surface area contributed by atoms with Crippen molar-refractivity contribution in [2.24, 2.45) is 0 Å². The lowest BCUT2D eigenvalue weighted by molar-refractivity contribution is -0.148. The number of ether oxygens (including phenoxy) is 2. The molecule has 0 aromatic heterocycles. The first-order valence-corrected chi connectivity index (χ1v) is 8.13. The molecule has 7 heteroatoms. The monoisotopic (exact) mass is 350 g/mol. The quantitative estimate of drug-likeness (QED) is 0.581. The lowest BCUT2D eigenvalue weighted by Crippen LogP contribution is -2.49. The average molecular weight is 350 g/mol. The van der Waals surface area contributed by atoms with E-state index in [4.69, 9.17) is 9.47 Å². The molecule has 7 nitrogen and oxygen atoms in total. The Kier molecular flexibility index (Phi) is 7.91. The second kappa shape index (κ2) is 9.66. The van der Waals surface area contributed by atoms with Crippen molar-refractivity contribution >= 4 is 17.9 Å². The summed E-state index contributed by atoms with van der Waals surface area (Å²) in [5.74, 6) is -0.451. The van der Waals surface area contributed by atoms with Gasteiger partial charge in [-0.25, -0.2) is 4.79 Å². The fourth-order valence-corrected chi connectivity index (χ4v) is 1.79. The van der Waals surface area contributed by atoms with Gasteiger partial charge >= 0.3 is 12.0 Å². The van der Waals surface area contributed by atoms with Gasteiger partial charge in [0.05, 0.1) is 6.61 Å². The van der Waals surface area contributed by atoms with Crippen molar-refractivity contribution in [3.05, 3.63) is 29.8 Å². The molecule has 138 valence electrons. The van der Waals surface area contributed by atoms with Crippen LogP contribution >= 0.6 is 0 Å². The van der Waals surface area contributed by atoms with E-state index in [0.717, 1.165) is 11.3 Å². The number of amides is 3. The summed E-state index contributed by atoms with van der Waals surface area (Å²) < 4.78 is 10.3. The van der Waals surface area contributed by atoms with E-state index < -0.39 is 30.1 Å². The molecule has 25 heavy (non-hydrogen) atoms. The third-order valence-corrected chi connectivity index (χ3v) is 2.92. The van der Waals surface area contributed by atoms with Crippen molar-refractivity contribution in [2.45, 2.75) is 46.1 Å². The van der Waals surface area contributed by atoms with Gasteiger partial charge in [0.25, 0.3) is 5.91 Å². The number of urea groups is 1. The smallest absolute Gasteiger partial charge is 0.321 e. The predicted molar refractivity (Wildman–Crippen MR) is 93.3 cm³/mol. The Morgan fingerprint density at radius 2 is 1.72 bits per heavy atom. The predicted octanol–water partition coefficient (Wildman–Crippen LogP) is 2.32. The Morgan fingerprint density at radius 3 is 2.32 bits per heavy atom. The fourth-order valence-electron chi connectivity index (χ4n) is 1.79. The number of rotatable bonds is 7. The number of hydrogen-bond donors (Lipinski definition) is 2. The highest BCUT2D eigenvalue weighted by Gasteiger charge is 2.16. The number of nitrogens with one attached hydrogen (secondary N) is 2. The van der Waals surface area contributed by atoms with Crippen LogP contribution in [0.4, 0.5) is 4.79 Å². The molecular formula is C18H26N2O5. The van der Waals surface area contributed by atoms with Gasteiger partial charge in [-0.15, -0.1) is 0 Å². The topological polar surface area (TPSA) is 93.7 Å². The second-order valence-electron chi connectivity index (χ2n) is 6.68. The summed E-state index contributed by atoms with van der Waals surface area (Å²) in [7, 11) is 0. The van der Waals surface area contributed by atoms with E-state index in [2.05, 4.69) is 10.6 Å². The molecule has 1 aromatic rings. The molecule has 1 aromatic carbocycles. The number of carbonyl (C=O) groups excluding carboxylic acids is 3. The van der Waals surface area contributed by atoms with Crippen molar-refractivity contribution < 1.29 is 23.9 Å². The van der Waals surface area contributed by atoms with Crippen molar-refractivity contribution in [3.8, 4) is 5.75 Å². The molecule has 0 unspecified atom stereocenters. The van der Waals surface area contributed by atoms with E-state index in [1.54, 1.807) is 20.8 Å². The Hall–Kier alpha value is -2.57. The molecule has 0 fully saturated rings. The molecule has 3 amide bonds. The van der Waals surface area contributed by atoms with Gasteiger partial charge in [-0.05, 0) is 46.2 Å². The normalized spacial score (nSPS) is 10.7. The Labute approximate surface area is 148 Å². The minimum absolute atomic E-state index is 0.132. The molecule has 0 saturated carbocycles. The summed E-state index contributed by atoms with van der Waals surface area (Å²) in [6.07, 6.45) is 0.603. The lowest BCUT2D eigenvalue weighted by Gasteiger charge is -2.20. The standard InChI is InChI=1S/C18H26N2O5/c1-13-7-9-14(10-8-13)24-11-5-6-16(22)25-12-15(21)19-17(23)20-18(2,3)4/h7-10H,5-6,11-12H2,1-4H3,(H2,19,20,21,23). The zero-order valence-electron chi connectivity index (χ0n) is 15.2. The molecule has 0 saturated heterocycles. The van der Waals surface area contributed by atoms with E-state index in [1.807, 2.05) is 31.2 Å². The maximum absolute atomic E-state index is 11.6. The zero-order valence-corrected chi connectivity index (χ0v) is 15.2. The molecule has 0 aliphatic rings. The number of carbonyl (C=O) groups is 3.